The average molecular weight is 199 g/mol. The molecule has 3 N–H and O–H groups in total. The van der Waals surface area contributed by atoms with Crippen molar-refractivity contribution in [2.75, 3.05) is 0 Å². The molecule has 1 rings (SSSR count). The summed E-state index contributed by atoms with van der Waals surface area (Å²) in [7, 11) is 0. The maximum Gasteiger partial charge on any atom is 0.236 e. The van der Waals surface area contributed by atoms with Crippen molar-refractivity contribution in [2.24, 2.45) is 5.73 Å². The summed E-state index contributed by atoms with van der Waals surface area (Å²) < 4.78 is 0. The van der Waals surface area contributed by atoms with Crippen molar-refractivity contribution >= 4 is 17.2 Å². The van der Waals surface area contributed by atoms with E-state index in [1.165, 1.54) is 0 Å². The van der Waals surface area contributed by atoms with E-state index in [0.717, 1.165) is 9.88 Å². The molecule has 1 aromatic heterocycles. The second-order valence-corrected chi connectivity index (χ2v) is 4.17. The van der Waals surface area contributed by atoms with Gasteiger partial charge in [-0.15, -0.1) is 11.3 Å². The Morgan fingerprint density at radius 1 is 1.85 bits per heavy atom. The van der Waals surface area contributed by atoms with Gasteiger partial charge in [0.15, 0.2) is 0 Å². The van der Waals surface area contributed by atoms with Gasteiger partial charge in [-0.1, -0.05) is 0 Å². The number of rotatable bonds is 3. The SMILES string of the molecule is Cc1ncc(CNC(=O)C(C)N)s1. The number of aromatic nitrogens is 1. The Morgan fingerprint density at radius 2 is 2.54 bits per heavy atom. The predicted octanol–water partition coefficient (Wildman–Crippen LogP) is 0.415. The Bertz CT molecular complexity index is 295. The van der Waals surface area contributed by atoms with Gasteiger partial charge in [-0.3, -0.25) is 4.79 Å². The van der Waals surface area contributed by atoms with E-state index in [9.17, 15) is 4.79 Å². The van der Waals surface area contributed by atoms with Crippen molar-refractivity contribution in [3.05, 3.63) is 16.1 Å². The number of nitrogens with one attached hydrogen (secondary N) is 1. The number of thiazole rings is 1. The summed E-state index contributed by atoms with van der Waals surface area (Å²) in [5.74, 6) is -0.133. The molecule has 0 saturated heterocycles. The zero-order valence-corrected chi connectivity index (χ0v) is 8.52. The van der Waals surface area contributed by atoms with Crippen LogP contribution in [0.15, 0.2) is 6.20 Å². The third kappa shape index (κ3) is 3.12. The average Bonchev–Trinajstić information content (AvgIpc) is 2.47. The molecular formula is C8H13N3OS. The summed E-state index contributed by atoms with van der Waals surface area (Å²) in [4.78, 5) is 16.2. The summed E-state index contributed by atoms with van der Waals surface area (Å²) in [5.41, 5.74) is 5.38. The molecule has 1 heterocycles. The van der Waals surface area contributed by atoms with Gasteiger partial charge in [-0.2, -0.15) is 0 Å². The van der Waals surface area contributed by atoms with Crippen molar-refractivity contribution < 1.29 is 4.79 Å². The summed E-state index contributed by atoms with van der Waals surface area (Å²) in [5, 5.41) is 3.72. The van der Waals surface area contributed by atoms with Gasteiger partial charge in [0, 0.05) is 11.1 Å². The molecule has 0 bridgehead atoms. The Balaban J connectivity index is 2.39. The first-order valence-corrected chi connectivity index (χ1v) is 4.86. The van der Waals surface area contributed by atoms with Crippen LogP contribution in [0.5, 0.6) is 0 Å². The molecule has 0 spiro atoms. The van der Waals surface area contributed by atoms with Crippen LogP contribution in [0, 0.1) is 6.92 Å². The van der Waals surface area contributed by atoms with E-state index in [0.29, 0.717) is 6.54 Å². The van der Waals surface area contributed by atoms with E-state index in [2.05, 4.69) is 10.3 Å². The molecule has 72 valence electrons. The molecule has 0 saturated carbocycles. The molecule has 13 heavy (non-hydrogen) atoms. The minimum Gasteiger partial charge on any atom is -0.350 e. The number of aryl methyl sites for hydroxylation is 1. The second kappa shape index (κ2) is 4.34. The summed E-state index contributed by atoms with van der Waals surface area (Å²) in [6.45, 7) is 4.11. The van der Waals surface area contributed by atoms with Crippen molar-refractivity contribution in [1.82, 2.24) is 10.3 Å². The minimum atomic E-state index is -0.450. The number of carbonyl (C=O) groups excluding carboxylic acids is 1. The fraction of sp³-hybridized carbons (Fsp3) is 0.500. The molecule has 1 atom stereocenters. The number of amides is 1. The van der Waals surface area contributed by atoms with Crippen LogP contribution in [0.4, 0.5) is 0 Å². The first kappa shape index (κ1) is 10.1. The lowest BCUT2D eigenvalue weighted by atomic mass is 10.3. The lowest BCUT2D eigenvalue weighted by molar-refractivity contribution is -0.122. The van der Waals surface area contributed by atoms with Crippen molar-refractivity contribution in [3.63, 3.8) is 0 Å². The Morgan fingerprint density at radius 3 is 3.00 bits per heavy atom. The van der Waals surface area contributed by atoms with Crippen molar-refractivity contribution in [1.29, 1.82) is 0 Å². The first-order valence-electron chi connectivity index (χ1n) is 4.04. The van der Waals surface area contributed by atoms with E-state index in [1.54, 1.807) is 24.5 Å². The molecule has 5 heteroatoms. The molecule has 0 aliphatic carbocycles. The normalized spacial score (nSPS) is 12.5. The molecule has 1 unspecified atom stereocenters. The molecule has 1 amide bonds. The van der Waals surface area contributed by atoms with Crippen LogP contribution in [-0.2, 0) is 11.3 Å². The van der Waals surface area contributed by atoms with Crippen molar-refractivity contribution in [2.45, 2.75) is 26.4 Å². The van der Waals surface area contributed by atoms with Crippen LogP contribution in [0.25, 0.3) is 0 Å². The molecule has 0 fully saturated rings. The van der Waals surface area contributed by atoms with Crippen LogP contribution >= 0.6 is 11.3 Å². The fourth-order valence-electron chi connectivity index (χ4n) is 0.822. The lowest BCUT2D eigenvalue weighted by Crippen LogP contribution is -2.37. The maximum atomic E-state index is 11.1. The standard InChI is InChI=1S/C8H13N3OS/c1-5(9)8(12)11-4-7-3-10-6(2)13-7/h3,5H,4,9H2,1-2H3,(H,11,12). The summed E-state index contributed by atoms with van der Waals surface area (Å²) >= 11 is 1.57. The Labute approximate surface area is 81.2 Å². The van der Waals surface area contributed by atoms with E-state index in [-0.39, 0.29) is 5.91 Å². The highest BCUT2D eigenvalue weighted by Crippen LogP contribution is 2.10. The fourth-order valence-corrected chi connectivity index (χ4v) is 1.56. The first-order chi connectivity index (χ1) is 6.09. The van der Waals surface area contributed by atoms with Gasteiger partial charge < -0.3 is 11.1 Å². The minimum absolute atomic E-state index is 0.133. The van der Waals surface area contributed by atoms with Gasteiger partial charge in [0.1, 0.15) is 0 Å². The van der Waals surface area contributed by atoms with Gasteiger partial charge in [0.2, 0.25) is 5.91 Å². The third-order valence-corrected chi connectivity index (χ3v) is 2.43. The number of hydrogen-bond acceptors (Lipinski definition) is 4. The number of carbonyl (C=O) groups is 1. The predicted molar refractivity (Wildman–Crippen MR) is 52.3 cm³/mol. The van der Waals surface area contributed by atoms with Crippen LogP contribution in [0.3, 0.4) is 0 Å². The zero-order chi connectivity index (χ0) is 9.84. The third-order valence-electron chi connectivity index (χ3n) is 1.52. The van der Waals surface area contributed by atoms with Gasteiger partial charge in [0.05, 0.1) is 17.6 Å². The number of nitrogens with zero attached hydrogens (tertiary/aromatic N) is 1. The molecule has 1 aromatic rings. The molecule has 0 aliphatic rings. The van der Waals surface area contributed by atoms with Gasteiger partial charge >= 0.3 is 0 Å². The topological polar surface area (TPSA) is 68.0 Å². The largest absolute Gasteiger partial charge is 0.350 e. The summed E-state index contributed by atoms with van der Waals surface area (Å²) in [6, 6.07) is -0.450. The molecular weight excluding hydrogens is 186 g/mol. The molecule has 0 aliphatic heterocycles. The van der Waals surface area contributed by atoms with E-state index < -0.39 is 6.04 Å². The monoisotopic (exact) mass is 199 g/mol. The number of nitrogens with two attached hydrogens (primary N) is 1. The van der Waals surface area contributed by atoms with E-state index >= 15 is 0 Å². The van der Waals surface area contributed by atoms with Crippen LogP contribution in [0.1, 0.15) is 16.8 Å². The van der Waals surface area contributed by atoms with Gasteiger partial charge in [-0.25, -0.2) is 4.98 Å². The summed E-state index contributed by atoms with van der Waals surface area (Å²) in [6.07, 6.45) is 1.77. The highest BCUT2D eigenvalue weighted by atomic mass is 32.1. The van der Waals surface area contributed by atoms with Crippen molar-refractivity contribution in [3.8, 4) is 0 Å². The molecule has 0 radical (unpaired) electrons. The molecule has 0 aromatic carbocycles. The van der Waals surface area contributed by atoms with Crippen LogP contribution in [0.2, 0.25) is 0 Å². The molecule has 4 nitrogen and oxygen atoms in total. The Kier molecular flexibility index (Phi) is 3.39. The van der Waals surface area contributed by atoms with Gasteiger partial charge in [-0.05, 0) is 13.8 Å². The van der Waals surface area contributed by atoms with E-state index in [4.69, 9.17) is 5.73 Å². The van der Waals surface area contributed by atoms with E-state index in [1.807, 2.05) is 6.92 Å². The van der Waals surface area contributed by atoms with Crippen LogP contribution in [-0.4, -0.2) is 16.9 Å². The van der Waals surface area contributed by atoms with Gasteiger partial charge in [0.25, 0.3) is 0 Å². The zero-order valence-electron chi connectivity index (χ0n) is 7.70. The highest BCUT2D eigenvalue weighted by molar-refractivity contribution is 7.11. The lowest BCUT2D eigenvalue weighted by Gasteiger charge is -2.05. The Hall–Kier alpha value is -0.940. The maximum absolute atomic E-state index is 11.1. The smallest absolute Gasteiger partial charge is 0.236 e. The highest BCUT2D eigenvalue weighted by Gasteiger charge is 2.06. The second-order valence-electron chi connectivity index (χ2n) is 2.85. The van der Waals surface area contributed by atoms with Crippen LogP contribution < -0.4 is 11.1 Å². The quantitative estimate of drug-likeness (QED) is 0.741. The number of hydrogen-bond donors (Lipinski definition) is 2.